The number of hydrazine groups is 1. The summed E-state index contributed by atoms with van der Waals surface area (Å²) in [5.74, 6) is 6.46. The monoisotopic (exact) mass is 210 g/mol. The average Bonchev–Trinajstić information content (AvgIpc) is 2.14. The van der Waals surface area contributed by atoms with Crippen molar-refractivity contribution in [3.63, 3.8) is 0 Å². The molecule has 0 bridgehead atoms. The molecule has 7 heteroatoms. The standard InChI is InChI=1S/C8H14N6O/c9-8-12-6(3-7(13-8)14-10)11-4-1-5(15)2-4/h3-5,15H,1-2,10H2,(H4,9,11,12,13,14). The number of hydrogen-bond donors (Lipinski definition) is 5. The maximum absolute atomic E-state index is 9.12. The summed E-state index contributed by atoms with van der Waals surface area (Å²) in [6.45, 7) is 0. The lowest BCUT2D eigenvalue weighted by molar-refractivity contribution is 0.0835. The lowest BCUT2D eigenvalue weighted by Gasteiger charge is -2.32. The SMILES string of the molecule is NNc1cc(NC2CC(O)C2)nc(N)n1. The number of nitrogens with zero attached hydrogens (tertiary/aromatic N) is 2. The highest BCUT2D eigenvalue weighted by molar-refractivity contribution is 5.51. The number of hydrogen-bond acceptors (Lipinski definition) is 7. The second kappa shape index (κ2) is 3.87. The van der Waals surface area contributed by atoms with E-state index in [1.54, 1.807) is 6.07 Å². The Morgan fingerprint density at radius 2 is 2.00 bits per heavy atom. The van der Waals surface area contributed by atoms with Crippen LogP contribution in [0.3, 0.4) is 0 Å². The number of aliphatic hydroxyl groups excluding tert-OH is 1. The minimum absolute atomic E-state index is 0.160. The predicted molar refractivity (Wildman–Crippen MR) is 56.9 cm³/mol. The zero-order chi connectivity index (χ0) is 10.8. The lowest BCUT2D eigenvalue weighted by atomic mass is 9.89. The summed E-state index contributed by atoms with van der Waals surface area (Å²) in [5, 5.41) is 12.3. The Balaban J connectivity index is 2.04. The number of aromatic nitrogens is 2. The Hall–Kier alpha value is -1.60. The van der Waals surface area contributed by atoms with Crippen LogP contribution in [0.4, 0.5) is 17.6 Å². The van der Waals surface area contributed by atoms with E-state index in [2.05, 4.69) is 20.7 Å². The van der Waals surface area contributed by atoms with Crippen molar-refractivity contribution >= 4 is 17.6 Å². The third kappa shape index (κ3) is 2.25. The van der Waals surface area contributed by atoms with Crippen LogP contribution < -0.4 is 22.3 Å². The first-order valence-electron chi connectivity index (χ1n) is 4.73. The van der Waals surface area contributed by atoms with E-state index < -0.39 is 0 Å². The van der Waals surface area contributed by atoms with Gasteiger partial charge in [0.05, 0.1) is 6.10 Å². The van der Waals surface area contributed by atoms with Gasteiger partial charge in [-0.25, -0.2) is 5.84 Å². The number of anilines is 3. The molecule has 0 atom stereocenters. The molecule has 1 saturated carbocycles. The van der Waals surface area contributed by atoms with Gasteiger partial charge in [0.15, 0.2) is 0 Å². The summed E-state index contributed by atoms with van der Waals surface area (Å²) in [6.07, 6.45) is 1.26. The molecule has 1 aliphatic rings. The van der Waals surface area contributed by atoms with E-state index in [0.717, 1.165) is 12.8 Å². The van der Waals surface area contributed by atoms with E-state index in [-0.39, 0.29) is 18.1 Å². The van der Waals surface area contributed by atoms with Crippen molar-refractivity contribution in [2.75, 3.05) is 16.5 Å². The van der Waals surface area contributed by atoms with Gasteiger partial charge in [-0.2, -0.15) is 9.97 Å². The van der Waals surface area contributed by atoms with E-state index in [1.165, 1.54) is 0 Å². The molecule has 15 heavy (non-hydrogen) atoms. The highest BCUT2D eigenvalue weighted by Crippen LogP contribution is 2.24. The second-order valence-corrected chi connectivity index (χ2v) is 3.61. The van der Waals surface area contributed by atoms with E-state index >= 15 is 0 Å². The molecule has 1 aromatic rings. The Labute approximate surface area is 86.9 Å². The molecule has 1 heterocycles. The molecular weight excluding hydrogens is 196 g/mol. The number of rotatable bonds is 3. The summed E-state index contributed by atoms with van der Waals surface area (Å²) in [4.78, 5) is 7.87. The molecule has 1 aliphatic carbocycles. The zero-order valence-corrected chi connectivity index (χ0v) is 8.14. The topological polar surface area (TPSA) is 122 Å². The van der Waals surface area contributed by atoms with Crippen LogP contribution in [0.15, 0.2) is 6.07 Å². The van der Waals surface area contributed by atoms with Gasteiger partial charge in [0.2, 0.25) is 5.95 Å². The average molecular weight is 210 g/mol. The predicted octanol–water partition coefficient (Wildman–Crippen LogP) is -0.720. The Morgan fingerprint density at radius 3 is 2.60 bits per heavy atom. The van der Waals surface area contributed by atoms with Crippen LogP contribution in [0.1, 0.15) is 12.8 Å². The van der Waals surface area contributed by atoms with Crippen LogP contribution in [-0.2, 0) is 0 Å². The number of nitrogens with one attached hydrogen (secondary N) is 2. The van der Waals surface area contributed by atoms with E-state index in [1.807, 2.05) is 0 Å². The zero-order valence-electron chi connectivity index (χ0n) is 8.14. The third-order valence-electron chi connectivity index (χ3n) is 2.36. The first-order chi connectivity index (χ1) is 7.17. The number of nitrogen functional groups attached to an aromatic ring is 2. The quantitative estimate of drug-likeness (QED) is 0.329. The molecule has 82 valence electrons. The van der Waals surface area contributed by atoms with Crippen molar-refractivity contribution in [2.45, 2.75) is 25.0 Å². The molecule has 7 nitrogen and oxygen atoms in total. The molecule has 0 spiro atoms. The fourth-order valence-corrected chi connectivity index (χ4v) is 1.53. The Morgan fingerprint density at radius 1 is 1.33 bits per heavy atom. The molecule has 0 radical (unpaired) electrons. The summed E-state index contributed by atoms with van der Waals surface area (Å²) < 4.78 is 0. The molecule has 0 unspecified atom stereocenters. The van der Waals surface area contributed by atoms with Crippen molar-refractivity contribution in [3.8, 4) is 0 Å². The van der Waals surface area contributed by atoms with Crippen LogP contribution in [0.2, 0.25) is 0 Å². The van der Waals surface area contributed by atoms with Crippen molar-refractivity contribution in [2.24, 2.45) is 5.84 Å². The molecule has 0 amide bonds. The van der Waals surface area contributed by atoms with Crippen LogP contribution in [0.25, 0.3) is 0 Å². The largest absolute Gasteiger partial charge is 0.393 e. The third-order valence-corrected chi connectivity index (χ3v) is 2.36. The summed E-state index contributed by atoms with van der Waals surface area (Å²) in [5.41, 5.74) is 7.90. The van der Waals surface area contributed by atoms with Gasteiger partial charge in [0.1, 0.15) is 11.6 Å². The fraction of sp³-hybridized carbons (Fsp3) is 0.500. The minimum Gasteiger partial charge on any atom is -0.393 e. The Kier molecular flexibility index (Phi) is 2.57. The molecule has 1 aromatic heterocycles. The minimum atomic E-state index is -0.200. The van der Waals surface area contributed by atoms with Gasteiger partial charge < -0.3 is 21.6 Å². The molecular formula is C8H14N6O. The highest BCUT2D eigenvalue weighted by atomic mass is 16.3. The highest BCUT2D eigenvalue weighted by Gasteiger charge is 2.27. The maximum Gasteiger partial charge on any atom is 0.223 e. The molecule has 1 fully saturated rings. The van der Waals surface area contributed by atoms with Gasteiger partial charge in [0, 0.05) is 12.1 Å². The van der Waals surface area contributed by atoms with Gasteiger partial charge in [0.25, 0.3) is 0 Å². The van der Waals surface area contributed by atoms with Crippen molar-refractivity contribution in [1.29, 1.82) is 0 Å². The Bertz CT molecular complexity index is 351. The first-order valence-corrected chi connectivity index (χ1v) is 4.73. The summed E-state index contributed by atoms with van der Waals surface area (Å²) in [7, 11) is 0. The summed E-state index contributed by atoms with van der Waals surface area (Å²) in [6, 6.07) is 1.92. The normalized spacial score (nSPS) is 24.4. The molecule has 2 rings (SSSR count). The maximum atomic E-state index is 9.12. The van der Waals surface area contributed by atoms with Gasteiger partial charge >= 0.3 is 0 Å². The van der Waals surface area contributed by atoms with Gasteiger partial charge in [-0.1, -0.05) is 0 Å². The van der Waals surface area contributed by atoms with Gasteiger partial charge in [-0.15, -0.1) is 0 Å². The smallest absolute Gasteiger partial charge is 0.223 e. The van der Waals surface area contributed by atoms with Crippen LogP contribution in [0, 0.1) is 0 Å². The number of aliphatic hydroxyl groups is 1. The van der Waals surface area contributed by atoms with Crippen LogP contribution >= 0.6 is 0 Å². The first kappa shape index (κ1) is 9.94. The number of nitrogens with two attached hydrogens (primary N) is 2. The van der Waals surface area contributed by atoms with E-state index in [0.29, 0.717) is 11.6 Å². The molecule has 0 aromatic carbocycles. The van der Waals surface area contributed by atoms with E-state index in [4.69, 9.17) is 16.7 Å². The lowest BCUT2D eigenvalue weighted by Crippen LogP contribution is -2.39. The van der Waals surface area contributed by atoms with E-state index in [9.17, 15) is 0 Å². The molecule has 7 N–H and O–H groups in total. The second-order valence-electron chi connectivity index (χ2n) is 3.61. The van der Waals surface area contributed by atoms with Crippen molar-refractivity contribution < 1.29 is 5.11 Å². The van der Waals surface area contributed by atoms with Crippen molar-refractivity contribution in [1.82, 2.24) is 9.97 Å². The van der Waals surface area contributed by atoms with Crippen LogP contribution in [-0.4, -0.2) is 27.2 Å². The molecule has 0 saturated heterocycles. The fourth-order valence-electron chi connectivity index (χ4n) is 1.53. The van der Waals surface area contributed by atoms with Crippen molar-refractivity contribution in [3.05, 3.63) is 6.07 Å². The molecule has 0 aliphatic heterocycles. The van der Waals surface area contributed by atoms with Crippen LogP contribution in [0.5, 0.6) is 0 Å². The summed E-state index contributed by atoms with van der Waals surface area (Å²) >= 11 is 0. The van der Waals surface area contributed by atoms with Gasteiger partial charge in [-0.3, -0.25) is 0 Å². The van der Waals surface area contributed by atoms with Gasteiger partial charge in [-0.05, 0) is 12.8 Å².